The van der Waals surface area contributed by atoms with Gasteiger partial charge in [-0.15, -0.1) is 0 Å². The Balaban J connectivity index is 1.56. The average molecular weight is 376 g/mol. The van der Waals surface area contributed by atoms with Gasteiger partial charge in [0.25, 0.3) is 5.91 Å². The molecule has 0 bridgehead atoms. The molecule has 6 nitrogen and oxygen atoms in total. The minimum absolute atomic E-state index is 0.0111. The third kappa shape index (κ3) is 6.11. The normalized spacial score (nSPS) is 17.2. The summed E-state index contributed by atoms with van der Waals surface area (Å²) in [7, 11) is 1.64. The van der Waals surface area contributed by atoms with Gasteiger partial charge in [0, 0.05) is 26.2 Å². The minimum Gasteiger partial charge on any atom is -0.493 e. The largest absolute Gasteiger partial charge is 0.493 e. The SMILES string of the molecule is CCCN(Cc1ccc(OCC(=O)N2CCOCC2)c(OC)c1)CC1CC1. The van der Waals surface area contributed by atoms with Crippen LogP contribution in [0, 0.1) is 5.92 Å². The molecule has 1 amide bonds. The predicted octanol–water partition coefficient (Wildman–Crippen LogP) is 2.55. The molecule has 6 heteroatoms. The van der Waals surface area contributed by atoms with Gasteiger partial charge in [0.2, 0.25) is 0 Å². The number of ether oxygens (including phenoxy) is 3. The van der Waals surface area contributed by atoms with Crippen molar-refractivity contribution in [2.24, 2.45) is 5.92 Å². The van der Waals surface area contributed by atoms with Crippen molar-refractivity contribution >= 4 is 5.91 Å². The first-order valence-corrected chi connectivity index (χ1v) is 10.1. The molecule has 0 radical (unpaired) electrons. The van der Waals surface area contributed by atoms with Crippen LogP contribution in [-0.4, -0.2) is 68.8 Å². The van der Waals surface area contributed by atoms with Gasteiger partial charge in [-0.3, -0.25) is 9.69 Å². The van der Waals surface area contributed by atoms with E-state index in [1.54, 1.807) is 12.0 Å². The summed E-state index contributed by atoms with van der Waals surface area (Å²) < 4.78 is 16.5. The van der Waals surface area contributed by atoms with Gasteiger partial charge in [-0.25, -0.2) is 0 Å². The fourth-order valence-corrected chi connectivity index (χ4v) is 3.45. The van der Waals surface area contributed by atoms with Gasteiger partial charge in [0.05, 0.1) is 20.3 Å². The van der Waals surface area contributed by atoms with Crippen molar-refractivity contribution < 1.29 is 19.0 Å². The summed E-state index contributed by atoms with van der Waals surface area (Å²) >= 11 is 0. The highest BCUT2D eigenvalue weighted by atomic mass is 16.5. The molecule has 0 spiro atoms. The summed E-state index contributed by atoms with van der Waals surface area (Å²) in [5.74, 6) is 2.17. The molecule has 1 aliphatic carbocycles. The highest BCUT2D eigenvalue weighted by molar-refractivity contribution is 5.78. The topological polar surface area (TPSA) is 51.2 Å². The molecule has 1 saturated carbocycles. The highest BCUT2D eigenvalue weighted by Crippen LogP contribution is 2.32. The molecule has 0 N–H and O–H groups in total. The van der Waals surface area contributed by atoms with Crippen LogP contribution in [0.15, 0.2) is 18.2 Å². The van der Waals surface area contributed by atoms with Crippen LogP contribution in [0.3, 0.4) is 0 Å². The highest BCUT2D eigenvalue weighted by Gasteiger charge is 2.24. The Kier molecular flexibility index (Phi) is 7.35. The second-order valence-electron chi connectivity index (χ2n) is 7.45. The van der Waals surface area contributed by atoms with Crippen molar-refractivity contribution in [3.05, 3.63) is 23.8 Å². The quantitative estimate of drug-likeness (QED) is 0.628. The lowest BCUT2D eigenvalue weighted by Gasteiger charge is -2.27. The molecule has 1 saturated heterocycles. The van der Waals surface area contributed by atoms with E-state index < -0.39 is 0 Å². The van der Waals surface area contributed by atoms with Gasteiger partial charge in [-0.05, 0) is 49.4 Å². The first-order valence-electron chi connectivity index (χ1n) is 10.1. The third-order valence-electron chi connectivity index (χ3n) is 5.10. The van der Waals surface area contributed by atoms with Crippen LogP contribution in [0.1, 0.15) is 31.7 Å². The molecule has 0 atom stereocenters. The Morgan fingerprint density at radius 2 is 2.04 bits per heavy atom. The molecular weight excluding hydrogens is 344 g/mol. The number of benzene rings is 1. The molecule has 2 fully saturated rings. The lowest BCUT2D eigenvalue weighted by atomic mass is 10.1. The maximum Gasteiger partial charge on any atom is 0.260 e. The number of hydrogen-bond acceptors (Lipinski definition) is 5. The summed E-state index contributed by atoms with van der Waals surface area (Å²) in [4.78, 5) is 16.6. The van der Waals surface area contributed by atoms with Crippen molar-refractivity contribution in [2.45, 2.75) is 32.7 Å². The minimum atomic E-state index is -0.0111. The van der Waals surface area contributed by atoms with Crippen molar-refractivity contribution in [1.82, 2.24) is 9.80 Å². The maximum absolute atomic E-state index is 12.3. The van der Waals surface area contributed by atoms with Crippen LogP contribution in [0.4, 0.5) is 0 Å². The summed E-state index contributed by atoms with van der Waals surface area (Å²) in [6, 6.07) is 6.03. The van der Waals surface area contributed by atoms with Crippen molar-refractivity contribution in [1.29, 1.82) is 0 Å². The van der Waals surface area contributed by atoms with Gasteiger partial charge >= 0.3 is 0 Å². The van der Waals surface area contributed by atoms with Crippen LogP contribution in [0.25, 0.3) is 0 Å². The first kappa shape index (κ1) is 20.0. The summed E-state index contributed by atoms with van der Waals surface area (Å²) in [6.45, 7) is 7.93. The fourth-order valence-electron chi connectivity index (χ4n) is 3.45. The standard InChI is InChI=1S/C21H32N2O4/c1-3-8-22(14-17-4-5-17)15-18-6-7-19(20(13-18)25-2)27-16-21(24)23-9-11-26-12-10-23/h6-7,13,17H,3-5,8-12,14-16H2,1-2H3. The molecule has 1 aromatic carbocycles. The van der Waals surface area contributed by atoms with Crippen molar-refractivity contribution in [3.63, 3.8) is 0 Å². The van der Waals surface area contributed by atoms with Crippen molar-refractivity contribution in [2.75, 3.05) is 53.1 Å². The van der Waals surface area contributed by atoms with E-state index in [4.69, 9.17) is 14.2 Å². The van der Waals surface area contributed by atoms with Crippen LogP contribution in [0.5, 0.6) is 11.5 Å². The predicted molar refractivity (Wildman–Crippen MR) is 104 cm³/mol. The van der Waals surface area contributed by atoms with E-state index in [1.807, 2.05) is 12.1 Å². The van der Waals surface area contributed by atoms with Gasteiger partial charge in [0.15, 0.2) is 18.1 Å². The summed E-state index contributed by atoms with van der Waals surface area (Å²) in [5, 5.41) is 0. The zero-order valence-electron chi connectivity index (χ0n) is 16.6. The number of amides is 1. The Morgan fingerprint density at radius 3 is 2.70 bits per heavy atom. The Labute approximate surface area is 162 Å². The number of carbonyl (C=O) groups excluding carboxylic acids is 1. The second-order valence-corrected chi connectivity index (χ2v) is 7.45. The summed E-state index contributed by atoms with van der Waals surface area (Å²) in [6.07, 6.45) is 3.90. The zero-order chi connectivity index (χ0) is 19.1. The molecular formula is C21H32N2O4. The molecule has 150 valence electrons. The number of morpholine rings is 1. The van der Waals surface area contributed by atoms with E-state index in [2.05, 4.69) is 17.9 Å². The molecule has 1 heterocycles. The number of methoxy groups -OCH3 is 1. The number of hydrogen-bond donors (Lipinski definition) is 0. The second kappa shape index (κ2) is 9.95. The van der Waals surface area contributed by atoms with Gasteiger partial charge < -0.3 is 19.1 Å². The molecule has 0 aromatic heterocycles. The van der Waals surface area contributed by atoms with Gasteiger partial charge in [-0.1, -0.05) is 13.0 Å². The van der Waals surface area contributed by atoms with Gasteiger partial charge in [-0.2, -0.15) is 0 Å². The van der Waals surface area contributed by atoms with E-state index in [0.717, 1.165) is 25.4 Å². The van der Waals surface area contributed by atoms with Gasteiger partial charge in [0.1, 0.15) is 0 Å². The van der Waals surface area contributed by atoms with Crippen LogP contribution >= 0.6 is 0 Å². The van der Waals surface area contributed by atoms with Crippen LogP contribution in [0.2, 0.25) is 0 Å². The van der Waals surface area contributed by atoms with Crippen molar-refractivity contribution in [3.8, 4) is 11.5 Å². The average Bonchev–Trinajstić information content (AvgIpc) is 3.51. The number of carbonyl (C=O) groups is 1. The Bertz CT molecular complexity index is 612. The molecule has 27 heavy (non-hydrogen) atoms. The first-order chi connectivity index (χ1) is 13.2. The molecule has 0 unspecified atom stereocenters. The number of rotatable bonds is 10. The smallest absolute Gasteiger partial charge is 0.260 e. The van der Waals surface area contributed by atoms with E-state index in [9.17, 15) is 4.79 Å². The Hall–Kier alpha value is -1.79. The number of nitrogens with zero attached hydrogens (tertiary/aromatic N) is 2. The Morgan fingerprint density at radius 1 is 1.26 bits per heavy atom. The van der Waals surface area contributed by atoms with E-state index in [0.29, 0.717) is 37.8 Å². The lowest BCUT2D eigenvalue weighted by Crippen LogP contribution is -2.43. The van der Waals surface area contributed by atoms with E-state index >= 15 is 0 Å². The van der Waals surface area contributed by atoms with Crippen LogP contribution < -0.4 is 9.47 Å². The lowest BCUT2D eigenvalue weighted by molar-refractivity contribution is -0.137. The van der Waals surface area contributed by atoms with E-state index in [-0.39, 0.29) is 12.5 Å². The summed E-state index contributed by atoms with van der Waals surface area (Å²) in [5.41, 5.74) is 1.22. The monoisotopic (exact) mass is 376 g/mol. The third-order valence-corrected chi connectivity index (χ3v) is 5.10. The zero-order valence-corrected chi connectivity index (χ0v) is 16.6. The fraction of sp³-hybridized carbons (Fsp3) is 0.667. The molecule has 2 aliphatic rings. The molecule has 3 rings (SSSR count). The van der Waals surface area contributed by atoms with Crippen LogP contribution in [-0.2, 0) is 16.1 Å². The van der Waals surface area contributed by atoms with E-state index in [1.165, 1.54) is 24.9 Å². The molecule has 1 aromatic rings. The maximum atomic E-state index is 12.3. The molecule has 1 aliphatic heterocycles.